The SMILES string of the molecule is COC(=O)c1ccc(CCC(C)CO)cc1. The smallest absolute Gasteiger partial charge is 0.337 e. The highest BCUT2D eigenvalue weighted by Gasteiger charge is 2.05. The molecule has 1 N–H and O–H groups in total. The zero-order valence-electron chi connectivity index (χ0n) is 9.77. The van der Waals surface area contributed by atoms with Crippen LogP contribution in [0.4, 0.5) is 0 Å². The molecule has 0 fully saturated rings. The van der Waals surface area contributed by atoms with Crippen LogP contribution in [0.25, 0.3) is 0 Å². The van der Waals surface area contributed by atoms with Gasteiger partial charge < -0.3 is 9.84 Å². The Bertz CT molecular complexity index is 330. The number of hydrogen-bond donors (Lipinski definition) is 1. The van der Waals surface area contributed by atoms with Crippen LogP contribution in [-0.4, -0.2) is 24.8 Å². The molecule has 1 unspecified atom stereocenters. The number of hydrogen-bond acceptors (Lipinski definition) is 3. The van der Waals surface area contributed by atoms with E-state index in [1.54, 1.807) is 12.1 Å². The molecule has 0 amide bonds. The molecule has 1 aromatic carbocycles. The van der Waals surface area contributed by atoms with Gasteiger partial charge in [0.15, 0.2) is 0 Å². The number of ether oxygens (including phenoxy) is 1. The topological polar surface area (TPSA) is 46.5 Å². The molecule has 0 saturated carbocycles. The number of benzene rings is 1. The van der Waals surface area contributed by atoms with E-state index in [2.05, 4.69) is 4.74 Å². The third kappa shape index (κ3) is 3.66. The average Bonchev–Trinajstić information content (AvgIpc) is 2.35. The Hall–Kier alpha value is -1.35. The Morgan fingerprint density at radius 3 is 2.50 bits per heavy atom. The Balaban J connectivity index is 2.54. The molecule has 0 heterocycles. The van der Waals surface area contributed by atoms with Gasteiger partial charge in [-0.15, -0.1) is 0 Å². The summed E-state index contributed by atoms with van der Waals surface area (Å²) in [5.74, 6) is 0.00978. The van der Waals surface area contributed by atoms with Crippen LogP contribution in [0.3, 0.4) is 0 Å². The summed E-state index contributed by atoms with van der Waals surface area (Å²) in [7, 11) is 1.37. The highest BCUT2D eigenvalue weighted by atomic mass is 16.5. The number of esters is 1. The molecular weight excluding hydrogens is 204 g/mol. The van der Waals surface area contributed by atoms with Gasteiger partial charge in [0.25, 0.3) is 0 Å². The van der Waals surface area contributed by atoms with Crippen molar-refractivity contribution in [2.24, 2.45) is 5.92 Å². The van der Waals surface area contributed by atoms with Crippen LogP contribution >= 0.6 is 0 Å². The average molecular weight is 222 g/mol. The summed E-state index contributed by atoms with van der Waals surface area (Å²) in [5.41, 5.74) is 1.74. The molecule has 0 aliphatic rings. The lowest BCUT2D eigenvalue weighted by atomic mass is 10.0. The third-order valence-corrected chi connectivity index (χ3v) is 2.61. The van der Waals surface area contributed by atoms with Gasteiger partial charge in [-0.1, -0.05) is 19.1 Å². The standard InChI is InChI=1S/C13H18O3/c1-10(9-14)3-4-11-5-7-12(8-6-11)13(15)16-2/h5-8,10,14H,3-4,9H2,1-2H3. The van der Waals surface area contributed by atoms with Gasteiger partial charge in [0.1, 0.15) is 0 Å². The van der Waals surface area contributed by atoms with Crippen LogP contribution in [0.15, 0.2) is 24.3 Å². The summed E-state index contributed by atoms with van der Waals surface area (Å²) in [4.78, 5) is 11.2. The van der Waals surface area contributed by atoms with E-state index in [4.69, 9.17) is 5.11 Å². The van der Waals surface area contributed by atoms with Gasteiger partial charge in [-0.2, -0.15) is 0 Å². The minimum Gasteiger partial charge on any atom is -0.465 e. The van der Waals surface area contributed by atoms with Crippen LogP contribution in [0.1, 0.15) is 29.3 Å². The molecular formula is C13H18O3. The lowest BCUT2D eigenvalue weighted by Crippen LogP contribution is -2.03. The molecule has 0 spiro atoms. The number of carbonyl (C=O) groups excluding carboxylic acids is 1. The lowest BCUT2D eigenvalue weighted by Gasteiger charge is -2.07. The second-order valence-corrected chi connectivity index (χ2v) is 4.01. The second-order valence-electron chi connectivity index (χ2n) is 4.01. The predicted molar refractivity (Wildman–Crippen MR) is 62.4 cm³/mol. The van der Waals surface area contributed by atoms with E-state index in [0.29, 0.717) is 11.5 Å². The first-order chi connectivity index (χ1) is 7.67. The molecule has 3 heteroatoms. The highest BCUT2D eigenvalue weighted by molar-refractivity contribution is 5.89. The first kappa shape index (κ1) is 12.7. The highest BCUT2D eigenvalue weighted by Crippen LogP contribution is 2.11. The van der Waals surface area contributed by atoms with Gasteiger partial charge in [0.05, 0.1) is 12.7 Å². The van der Waals surface area contributed by atoms with E-state index < -0.39 is 0 Å². The first-order valence-electron chi connectivity index (χ1n) is 5.45. The fraction of sp³-hybridized carbons (Fsp3) is 0.462. The van der Waals surface area contributed by atoms with Crippen molar-refractivity contribution >= 4 is 5.97 Å². The van der Waals surface area contributed by atoms with Crippen LogP contribution in [0, 0.1) is 5.92 Å². The summed E-state index contributed by atoms with van der Waals surface area (Å²) in [6, 6.07) is 7.39. The van der Waals surface area contributed by atoms with E-state index in [0.717, 1.165) is 12.8 Å². The largest absolute Gasteiger partial charge is 0.465 e. The van der Waals surface area contributed by atoms with Crippen molar-refractivity contribution in [3.8, 4) is 0 Å². The fourth-order valence-electron chi connectivity index (χ4n) is 1.43. The fourth-order valence-corrected chi connectivity index (χ4v) is 1.43. The van der Waals surface area contributed by atoms with Crippen molar-refractivity contribution in [3.63, 3.8) is 0 Å². The number of methoxy groups -OCH3 is 1. The van der Waals surface area contributed by atoms with Crippen LogP contribution < -0.4 is 0 Å². The van der Waals surface area contributed by atoms with Crippen molar-refractivity contribution in [2.45, 2.75) is 19.8 Å². The van der Waals surface area contributed by atoms with Crippen LogP contribution in [0.5, 0.6) is 0 Å². The summed E-state index contributed by atoms with van der Waals surface area (Å²) < 4.78 is 4.62. The first-order valence-corrected chi connectivity index (χ1v) is 5.45. The maximum absolute atomic E-state index is 11.2. The van der Waals surface area contributed by atoms with Gasteiger partial charge in [-0.05, 0) is 36.5 Å². The Morgan fingerprint density at radius 1 is 1.38 bits per heavy atom. The summed E-state index contributed by atoms with van der Waals surface area (Å²) >= 11 is 0. The van der Waals surface area contributed by atoms with Gasteiger partial charge in [0, 0.05) is 6.61 Å². The Labute approximate surface area is 96.1 Å². The minimum absolute atomic E-state index is 0.222. The van der Waals surface area contributed by atoms with Gasteiger partial charge >= 0.3 is 5.97 Å². The maximum Gasteiger partial charge on any atom is 0.337 e. The molecule has 1 atom stereocenters. The molecule has 0 radical (unpaired) electrons. The quantitative estimate of drug-likeness (QED) is 0.775. The molecule has 0 aliphatic heterocycles. The van der Waals surface area contributed by atoms with E-state index in [1.807, 2.05) is 19.1 Å². The van der Waals surface area contributed by atoms with Crippen molar-refractivity contribution in [3.05, 3.63) is 35.4 Å². The molecule has 88 valence electrons. The minimum atomic E-state index is -0.310. The molecule has 1 aromatic rings. The molecule has 0 bridgehead atoms. The summed E-state index contributed by atoms with van der Waals surface area (Å²) in [6.45, 7) is 2.24. The summed E-state index contributed by atoms with van der Waals surface area (Å²) in [5, 5.41) is 8.90. The lowest BCUT2D eigenvalue weighted by molar-refractivity contribution is 0.0600. The zero-order chi connectivity index (χ0) is 12.0. The van der Waals surface area contributed by atoms with E-state index in [9.17, 15) is 4.79 Å². The van der Waals surface area contributed by atoms with Crippen molar-refractivity contribution < 1.29 is 14.6 Å². The zero-order valence-corrected chi connectivity index (χ0v) is 9.77. The number of aliphatic hydroxyl groups is 1. The normalized spacial score (nSPS) is 12.2. The maximum atomic E-state index is 11.2. The van der Waals surface area contributed by atoms with Crippen LogP contribution in [-0.2, 0) is 11.2 Å². The van der Waals surface area contributed by atoms with Crippen molar-refractivity contribution in [1.29, 1.82) is 0 Å². The van der Waals surface area contributed by atoms with Crippen molar-refractivity contribution in [2.75, 3.05) is 13.7 Å². The molecule has 1 rings (SSSR count). The van der Waals surface area contributed by atoms with Crippen molar-refractivity contribution in [1.82, 2.24) is 0 Å². The van der Waals surface area contributed by atoms with E-state index >= 15 is 0 Å². The Kier molecular flexibility index (Phi) is 4.99. The molecule has 3 nitrogen and oxygen atoms in total. The second kappa shape index (κ2) is 6.28. The van der Waals surface area contributed by atoms with Gasteiger partial charge in [0.2, 0.25) is 0 Å². The Morgan fingerprint density at radius 2 is 2.00 bits per heavy atom. The van der Waals surface area contributed by atoms with Crippen LogP contribution in [0.2, 0.25) is 0 Å². The van der Waals surface area contributed by atoms with Gasteiger partial charge in [-0.25, -0.2) is 4.79 Å². The number of rotatable bonds is 5. The third-order valence-electron chi connectivity index (χ3n) is 2.61. The monoisotopic (exact) mass is 222 g/mol. The molecule has 0 aliphatic carbocycles. The molecule has 0 saturated heterocycles. The number of aryl methyl sites for hydroxylation is 1. The number of aliphatic hydroxyl groups excluding tert-OH is 1. The van der Waals surface area contributed by atoms with E-state index in [-0.39, 0.29) is 12.6 Å². The molecule has 16 heavy (non-hydrogen) atoms. The molecule has 0 aromatic heterocycles. The summed E-state index contributed by atoms with van der Waals surface area (Å²) in [6.07, 6.45) is 1.87. The van der Waals surface area contributed by atoms with Gasteiger partial charge in [-0.3, -0.25) is 0 Å². The number of carbonyl (C=O) groups is 1. The predicted octanol–water partition coefficient (Wildman–Crippen LogP) is 2.03. The van der Waals surface area contributed by atoms with E-state index in [1.165, 1.54) is 12.7 Å².